The van der Waals surface area contributed by atoms with Crippen LogP contribution in [0.4, 0.5) is 5.82 Å². The largest absolute Gasteiger partial charge is 0.478 e. The van der Waals surface area contributed by atoms with Gasteiger partial charge < -0.3 is 15.3 Å². The summed E-state index contributed by atoms with van der Waals surface area (Å²) in [5.74, 6) is -0.556. The fraction of sp³-hybridized carbons (Fsp3) is 0.533. The van der Waals surface area contributed by atoms with Crippen molar-refractivity contribution in [2.24, 2.45) is 0 Å². The van der Waals surface area contributed by atoms with Gasteiger partial charge in [0.2, 0.25) is 5.91 Å². The zero-order chi connectivity index (χ0) is 15.8. The van der Waals surface area contributed by atoms with E-state index in [1.807, 2.05) is 18.7 Å². The number of carbonyl (C=O) groups is 2. The van der Waals surface area contributed by atoms with Gasteiger partial charge in [0.25, 0.3) is 0 Å². The second kappa shape index (κ2) is 8.24. The normalized spacial score (nSPS) is 10.2. The third kappa shape index (κ3) is 5.06. The number of carboxylic acid groups (broad SMARTS) is 1. The van der Waals surface area contributed by atoms with Crippen molar-refractivity contribution in [3.05, 3.63) is 23.4 Å². The fourth-order valence-electron chi connectivity index (χ4n) is 2.04. The summed E-state index contributed by atoms with van der Waals surface area (Å²) in [6.07, 6.45) is 2.45. The predicted octanol–water partition coefficient (Wildman–Crippen LogP) is 1.69. The smallest absolute Gasteiger partial charge is 0.335 e. The molecule has 0 aliphatic rings. The second-order valence-electron chi connectivity index (χ2n) is 4.86. The first-order valence-electron chi connectivity index (χ1n) is 7.21. The first-order chi connectivity index (χ1) is 10.0. The second-order valence-corrected chi connectivity index (χ2v) is 4.86. The summed E-state index contributed by atoms with van der Waals surface area (Å²) >= 11 is 0. The molecule has 6 nitrogen and oxygen atoms in total. The summed E-state index contributed by atoms with van der Waals surface area (Å²) in [6, 6.07) is 3.12. The molecule has 1 aromatic rings. The fourth-order valence-corrected chi connectivity index (χ4v) is 2.04. The Morgan fingerprint density at radius 1 is 1.29 bits per heavy atom. The minimum atomic E-state index is -0.979. The van der Waals surface area contributed by atoms with Crippen molar-refractivity contribution in [3.63, 3.8) is 0 Å². The number of aromatic nitrogens is 1. The number of aryl methyl sites for hydroxylation is 1. The highest BCUT2D eigenvalue weighted by Crippen LogP contribution is 2.17. The minimum absolute atomic E-state index is 0.122. The minimum Gasteiger partial charge on any atom is -0.478 e. The lowest BCUT2D eigenvalue weighted by molar-refractivity contribution is -0.119. The molecule has 1 amide bonds. The number of nitrogens with zero attached hydrogens (tertiary/aromatic N) is 2. The number of carboxylic acids is 1. The quantitative estimate of drug-likeness (QED) is 0.762. The number of anilines is 1. The lowest BCUT2D eigenvalue weighted by Gasteiger charge is -2.23. The SMILES string of the molecule is CCCc1cc(C(=O)O)cc(N(CCC)CC(=O)NC)n1. The number of carbonyl (C=O) groups excluding carboxylic acids is 1. The molecule has 0 fully saturated rings. The number of nitrogens with one attached hydrogen (secondary N) is 1. The molecule has 0 radical (unpaired) electrons. The molecular formula is C15H23N3O3. The highest BCUT2D eigenvalue weighted by molar-refractivity contribution is 5.89. The molecule has 0 aliphatic heterocycles. The number of hydrogen-bond donors (Lipinski definition) is 2. The van der Waals surface area contributed by atoms with E-state index < -0.39 is 5.97 Å². The van der Waals surface area contributed by atoms with Gasteiger partial charge in [0.1, 0.15) is 5.82 Å². The van der Waals surface area contributed by atoms with Crippen LogP contribution in [-0.2, 0) is 11.2 Å². The molecule has 6 heteroatoms. The summed E-state index contributed by atoms with van der Waals surface area (Å²) in [6.45, 7) is 4.84. The van der Waals surface area contributed by atoms with Crippen LogP contribution in [0.25, 0.3) is 0 Å². The van der Waals surface area contributed by atoms with Crippen LogP contribution in [0.1, 0.15) is 42.7 Å². The van der Waals surface area contributed by atoms with Crippen molar-refractivity contribution >= 4 is 17.7 Å². The lowest BCUT2D eigenvalue weighted by Crippen LogP contribution is -2.36. The van der Waals surface area contributed by atoms with Crippen LogP contribution in [0, 0.1) is 0 Å². The van der Waals surface area contributed by atoms with E-state index in [2.05, 4.69) is 10.3 Å². The summed E-state index contributed by atoms with van der Waals surface area (Å²) in [4.78, 5) is 29.2. The van der Waals surface area contributed by atoms with E-state index in [4.69, 9.17) is 0 Å². The summed E-state index contributed by atoms with van der Waals surface area (Å²) in [5.41, 5.74) is 0.951. The molecule has 0 saturated heterocycles. The Kier molecular flexibility index (Phi) is 6.65. The van der Waals surface area contributed by atoms with E-state index in [1.54, 1.807) is 13.1 Å². The van der Waals surface area contributed by atoms with Crippen molar-refractivity contribution in [3.8, 4) is 0 Å². The molecule has 1 aromatic heterocycles. The average molecular weight is 293 g/mol. The standard InChI is InChI=1S/C15H23N3O3/c1-4-6-12-8-11(15(20)21)9-13(17-12)18(7-5-2)10-14(19)16-3/h8-9H,4-7,10H2,1-3H3,(H,16,19)(H,20,21). The first-order valence-corrected chi connectivity index (χ1v) is 7.21. The summed E-state index contributed by atoms with van der Waals surface area (Å²) in [5, 5.41) is 11.8. The van der Waals surface area contributed by atoms with Gasteiger partial charge in [-0.2, -0.15) is 0 Å². The summed E-state index contributed by atoms with van der Waals surface area (Å²) < 4.78 is 0. The first kappa shape index (κ1) is 16.9. The molecule has 1 rings (SSSR count). The Hall–Kier alpha value is -2.11. The molecule has 0 bridgehead atoms. The van der Waals surface area contributed by atoms with Gasteiger partial charge in [-0.1, -0.05) is 20.3 Å². The van der Waals surface area contributed by atoms with Crippen molar-refractivity contribution in [2.75, 3.05) is 25.0 Å². The van der Waals surface area contributed by atoms with E-state index in [0.29, 0.717) is 18.8 Å². The maximum atomic E-state index is 11.6. The highest BCUT2D eigenvalue weighted by Gasteiger charge is 2.15. The van der Waals surface area contributed by atoms with E-state index in [9.17, 15) is 14.7 Å². The number of pyridine rings is 1. The average Bonchev–Trinajstić information content (AvgIpc) is 2.46. The van der Waals surface area contributed by atoms with Crippen molar-refractivity contribution in [1.29, 1.82) is 0 Å². The maximum Gasteiger partial charge on any atom is 0.335 e. The molecule has 0 unspecified atom stereocenters. The molecule has 116 valence electrons. The molecular weight excluding hydrogens is 270 g/mol. The third-order valence-corrected chi connectivity index (χ3v) is 3.05. The molecule has 2 N–H and O–H groups in total. The Bertz CT molecular complexity index is 503. The van der Waals surface area contributed by atoms with E-state index in [0.717, 1.165) is 18.5 Å². The molecule has 0 aromatic carbocycles. The third-order valence-electron chi connectivity index (χ3n) is 3.05. The Balaban J connectivity index is 3.15. The Labute approximate surface area is 125 Å². The van der Waals surface area contributed by atoms with Crippen LogP contribution < -0.4 is 10.2 Å². The number of amides is 1. The van der Waals surface area contributed by atoms with Crippen LogP contribution in [-0.4, -0.2) is 42.1 Å². The van der Waals surface area contributed by atoms with Gasteiger partial charge in [0.05, 0.1) is 12.1 Å². The zero-order valence-electron chi connectivity index (χ0n) is 12.8. The van der Waals surface area contributed by atoms with E-state index in [-0.39, 0.29) is 18.0 Å². The predicted molar refractivity (Wildman–Crippen MR) is 81.8 cm³/mol. The van der Waals surface area contributed by atoms with Crippen LogP contribution in [0.3, 0.4) is 0 Å². The number of rotatable bonds is 8. The van der Waals surface area contributed by atoms with Crippen LogP contribution >= 0.6 is 0 Å². The molecule has 0 aliphatic carbocycles. The lowest BCUT2D eigenvalue weighted by atomic mass is 10.1. The molecule has 21 heavy (non-hydrogen) atoms. The maximum absolute atomic E-state index is 11.6. The van der Waals surface area contributed by atoms with Gasteiger partial charge in [-0.05, 0) is 25.0 Å². The van der Waals surface area contributed by atoms with Crippen molar-refractivity contribution in [1.82, 2.24) is 10.3 Å². The van der Waals surface area contributed by atoms with E-state index >= 15 is 0 Å². The molecule has 0 spiro atoms. The summed E-state index contributed by atoms with van der Waals surface area (Å²) in [7, 11) is 1.58. The Morgan fingerprint density at radius 2 is 2.00 bits per heavy atom. The van der Waals surface area contributed by atoms with Gasteiger partial charge in [0.15, 0.2) is 0 Å². The number of aromatic carboxylic acids is 1. The number of likely N-dealkylation sites (N-methyl/N-ethyl adjacent to an activating group) is 1. The van der Waals surface area contributed by atoms with Crippen LogP contribution in [0.5, 0.6) is 0 Å². The van der Waals surface area contributed by atoms with E-state index in [1.165, 1.54) is 6.07 Å². The van der Waals surface area contributed by atoms with Gasteiger partial charge in [-0.3, -0.25) is 4.79 Å². The van der Waals surface area contributed by atoms with Gasteiger partial charge in [-0.25, -0.2) is 9.78 Å². The van der Waals surface area contributed by atoms with Crippen molar-refractivity contribution < 1.29 is 14.7 Å². The molecule has 0 atom stereocenters. The zero-order valence-corrected chi connectivity index (χ0v) is 12.8. The monoisotopic (exact) mass is 293 g/mol. The Morgan fingerprint density at radius 3 is 2.52 bits per heavy atom. The molecule has 0 saturated carbocycles. The van der Waals surface area contributed by atoms with Gasteiger partial charge in [-0.15, -0.1) is 0 Å². The van der Waals surface area contributed by atoms with Crippen molar-refractivity contribution in [2.45, 2.75) is 33.1 Å². The number of hydrogen-bond acceptors (Lipinski definition) is 4. The van der Waals surface area contributed by atoms with Gasteiger partial charge in [0, 0.05) is 19.3 Å². The van der Waals surface area contributed by atoms with Crippen LogP contribution in [0.2, 0.25) is 0 Å². The highest BCUT2D eigenvalue weighted by atomic mass is 16.4. The molecule has 1 heterocycles. The van der Waals surface area contributed by atoms with Gasteiger partial charge >= 0.3 is 5.97 Å². The topological polar surface area (TPSA) is 82.5 Å². The van der Waals surface area contributed by atoms with Crippen LogP contribution in [0.15, 0.2) is 12.1 Å².